The Hall–Kier alpha value is -2.64. The summed E-state index contributed by atoms with van der Waals surface area (Å²) in [5.74, 6) is -1.61. The molecule has 0 bridgehead atoms. The van der Waals surface area contributed by atoms with Gasteiger partial charge in [-0.2, -0.15) is 0 Å². The van der Waals surface area contributed by atoms with Crippen LogP contribution >= 0.6 is 0 Å². The van der Waals surface area contributed by atoms with E-state index in [9.17, 15) is 29.4 Å². The third-order valence-corrected chi connectivity index (χ3v) is 5.26. The third-order valence-electron chi connectivity index (χ3n) is 5.26. The van der Waals surface area contributed by atoms with Crippen LogP contribution in [0.15, 0.2) is 22.7 Å². The summed E-state index contributed by atoms with van der Waals surface area (Å²) in [6.07, 6.45) is 1.67. The van der Waals surface area contributed by atoms with Gasteiger partial charge < -0.3 is 20.8 Å². The number of hydrogen-bond acceptors (Lipinski definition) is 6. The molecule has 4 atom stereocenters. The Kier molecular flexibility index (Phi) is 7.96. The van der Waals surface area contributed by atoms with Gasteiger partial charge in [0.25, 0.3) is 11.8 Å². The van der Waals surface area contributed by atoms with E-state index in [0.29, 0.717) is 0 Å². The lowest BCUT2D eigenvalue weighted by Crippen LogP contribution is -2.34. The number of hydrogen-bond donors (Lipinski definition) is 4. The monoisotopic (exact) mass is 394 g/mol. The first-order valence-electron chi connectivity index (χ1n) is 9.47. The fourth-order valence-corrected chi connectivity index (χ4v) is 3.08. The number of carbonyl (C=O) groups excluding carboxylic acids is 4. The van der Waals surface area contributed by atoms with Gasteiger partial charge in [-0.1, -0.05) is 40.5 Å². The molecule has 28 heavy (non-hydrogen) atoms. The second-order valence-corrected chi connectivity index (χ2v) is 7.31. The number of aliphatic hydroxyl groups is 2. The Labute approximate surface area is 165 Å². The van der Waals surface area contributed by atoms with E-state index in [1.807, 2.05) is 27.7 Å². The van der Waals surface area contributed by atoms with Crippen molar-refractivity contribution < 1.29 is 29.4 Å². The lowest BCUT2D eigenvalue weighted by Gasteiger charge is -2.17. The second-order valence-electron chi connectivity index (χ2n) is 7.31. The van der Waals surface area contributed by atoms with Crippen LogP contribution in [0.25, 0.3) is 0 Å². The first-order chi connectivity index (χ1) is 13.0. The van der Waals surface area contributed by atoms with Crippen molar-refractivity contribution in [1.29, 1.82) is 0 Å². The van der Waals surface area contributed by atoms with Crippen molar-refractivity contribution in [3.8, 4) is 0 Å². The lowest BCUT2D eigenvalue weighted by atomic mass is 9.97. The summed E-state index contributed by atoms with van der Waals surface area (Å²) in [6.45, 7) is 10.3. The molecule has 0 spiro atoms. The van der Waals surface area contributed by atoms with Crippen molar-refractivity contribution in [2.24, 2.45) is 11.8 Å². The number of aliphatic hydroxyl groups excluding tert-OH is 2. The summed E-state index contributed by atoms with van der Waals surface area (Å²) in [7, 11) is 0. The third kappa shape index (κ3) is 4.79. The molecule has 2 amide bonds. The van der Waals surface area contributed by atoms with E-state index < -0.39 is 23.9 Å². The Morgan fingerprint density at radius 1 is 0.821 bits per heavy atom. The van der Waals surface area contributed by atoms with Crippen LogP contribution in [0, 0.1) is 11.8 Å². The maximum atomic E-state index is 11.3. The van der Waals surface area contributed by atoms with Gasteiger partial charge in [-0.15, -0.1) is 0 Å². The van der Waals surface area contributed by atoms with Crippen molar-refractivity contribution in [3.05, 3.63) is 22.7 Å². The molecular formula is C20H30N2O6. The molecule has 0 saturated heterocycles. The standard InChI is InChI=1S/2C10H15NO3/c2*1-4-5(2)8-9(13)7(6(3)12)10(14)11-8/h2*5,8,13H,4H2,1-3H3,(H,11,14). The normalized spacial score (nSPS) is 23.6. The maximum absolute atomic E-state index is 11.3. The van der Waals surface area contributed by atoms with Crippen LogP contribution in [0.1, 0.15) is 54.4 Å². The van der Waals surface area contributed by atoms with Crippen LogP contribution in [0.3, 0.4) is 0 Å². The highest BCUT2D eigenvalue weighted by molar-refractivity contribution is 6.21. The van der Waals surface area contributed by atoms with Crippen LogP contribution in [0.5, 0.6) is 0 Å². The second kappa shape index (κ2) is 9.52. The smallest absolute Gasteiger partial charge is 0.259 e. The molecule has 8 nitrogen and oxygen atoms in total. The average Bonchev–Trinajstić information content (AvgIpc) is 3.09. The molecule has 0 radical (unpaired) electrons. The minimum Gasteiger partial charge on any atom is -0.509 e. The fourth-order valence-electron chi connectivity index (χ4n) is 3.08. The van der Waals surface area contributed by atoms with Crippen LogP contribution in [0.2, 0.25) is 0 Å². The SMILES string of the molecule is CCC(C)C1NC(=O)C(C(C)=O)=C1O.CCC(C)C1NC(=O)C(C(C)=O)=C1O. The van der Waals surface area contributed by atoms with E-state index in [1.54, 1.807) is 0 Å². The molecule has 0 fully saturated rings. The van der Waals surface area contributed by atoms with Gasteiger partial charge >= 0.3 is 0 Å². The Morgan fingerprint density at radius 2 is 1.11 bits per heavy atom. The Balaban J connectivity index is 0.000000280. The van der Waals surface area contributed by atoms with Crippen LogP contribution in [0.4, 0.5) is 0 Å². The number of ketones is 2. The van der Waals surface area contributed by atoms with Crippen molar-refractivity contribution >= 4 is 23.4 Å². The molecule has 0 aromatic rings. The molecule has 2 heterocycles. The number of amides is 2. The van der Waals surface area contributed by atoms with Gasteiger partial charge in [-0.25, -0.2) is 0 Å². The van der Waals surface area contributed by atoms with Crippen LogP contribution < -0.4 is 10.6 Å². The van der Waals surface area contributed by atoms with E-state index in [4.69, 9.17) is 0 Å². The van der Waals surface area contributed by atoms with Gasteiger partial charge in [0.2, 0.25) is 0 Å². The van der Waals surface area contributed by atoms with Crippen molar-refractivity contribution in [3.63, 3.8) is 0 Å². The molecular weight excluding hydrogens is 364 g/mol. The van der Waals surface area contributed by atoms with E-state index in [1.165, 1.54) is 13.8 Å². The minimum absolute atomic E-state index is 0.0877. The van der Waals surface area contributed by atoms with Gasteiger partial charge in [0, 0.05) is 0 Å². The molecule has 156 valence electrons. The summed E-state index contributed by atoms with van der Waals surface area (Å²) in [4.78, 5) is 44.7. The summed E-state index contributed by atoms with van der Waals surface area (Å²) in [5.41, 5.74) is -0.175. The zero-order chi connectivity index (χ0) is 21.8. The zero-order valence-corrected chi connectivity index (χ0v) is 17.3. The number of nitrogens with one attached hydrogen (secondary N) is 2. The fraction of sp³-hybridized carbons (Fsp3) is 0.600. The lowest BCUT2D eigenvalue weighted by molar-refractivity contribution is -0.122. The van der Waals surface area contributed by atoms with E-state index in [2.05, 4.69) is 10.6 Å². The molecule has 0 aromatic carbocycles. The first-order valence-corrected chi connectivity index (χ1v) is 9.47. The zero-order valence-electron chi connectivity index (χ0n) is 17.3. The summed E-state index contributed by atoms with van der Waals surface area (Å²) < 4.78 is 0. The van der Waals surface area contributed by atoms with Crippen molar-refractivity contribution in [2.45, 2.75) is 66.5 Å². The minimum atomic E-state index is -0.458. The molecule has 0 saturated carbocycles. The first kappa shape index (κ1) is 23.4. The van der Waals surface area contributed by atoms with Gasteiger partial charge in [-0.05, 0) is 25.7 Å². The van der Waals surface area contributed by atoms with Gasteiger partial charge in [-0.3, -0.25) is 19.2 Å². The predicted octanol–water partition coefficient (Wildman–Crippen LogP) is 1.86. The number of rotatable bonds is 6. The molecule has 4 N–H and O–H groups in total. The molecule has 2 aliphatic heterocycles. The topological polar surface area (TPSA) is 133 Å². The summed E-state index contributed by atoms with van der Waals surface area (Å²) >= 11 is 0. The Bertz CT molecular complexity index is 675. The molecule has 0 aromatic heterocycles. The highest BCUT2D eigenvalue weighted by Gasteiger charge is 2.37. The number of Topliss-reactive ketones (excluding diaryl/α,β-unsaturated/α-hetero) is 2. The quantitative estimate of drug-likeness (QED) is 0.508. The van der Waals surface area contributed by atoms with Gasteiger partial charge in [0.15, 0.2) is 11.6 Å². The van der Waals surface area contributed by atoms with Gasteiger partial charge in [0.05, 0.1) is 12.1 Å². The highest BCUT2D eigenvalue weighted by Crippen LogP contribution is 2.24. The summed E-state index contributed by atoms with van der Waals surface area (Å²) in [6, 6.07) is -0.794. The van der Waals surface area contributed by atoms with E-state index in [-0.39, 0.29) is 46.1 Å². The van der Waals surface area contributed by atoms with Crippen LogP contribution in [-0.4, -0.2) is 45.7 Å². The molecule has 2 aliphatic rings. The number of carbonyl (C=O) groups is 4. The van der Waals surface area contributed by atoms with E-state index in [0.717, 1.165) is 12.8 Å². The average molecular weight is 394 g/mol. The Morgan fingerprint density at radius 3 is 1.29 bits per heavy atom. The van der Waals surface area contributed by atoms with Gasteiger partial charge in [0.1, 0.15) is 22.7 Å². The molecule has 8 heteroatoms. The van der Waals surface area contributed by atoms with Crippen molar-refractivity contribution in [2.75, 3.05) is 0 Å². The van der Waals surface area contributed by atoms with Crippen LogP contribution in [-0.2, 0) is 19.2 Å². The largest absolute Gasteiger partial charge is 0.509 e. The molecule has 2 rings (SSSR count). The predicted molar refractivity (Wildman–Crippen MR) is 103 cm³/mol. The van der Waals surface area contributed by atoms with E-state index >= 15 is 0 Å². The molecule has 4 unspecified atom stereocenters. The van der Waals surface area contributed by atoms with Crippen molar-refractivity contribution in [1.82, 2.24) is 10.6 Å². The highest BCUT2D eigenvalue weighted by atomic mass is 16.3. The molecule has 0 aliphatic carbocycles. The summed E-state index contributed by atoms with van der Waals surface area (Å²) in [5, 5.41) is 24.5. The maximum Gasteiger partial charge on any atom is 0.259 e.